The summed E-state index contributed by atoms with van der Waals surface area (Å²) in [6.45, 7) is 0.803. The lowest BCUT2D eigenvalue weighted by atomic mass is 10.1. The lowest BCUT2D eigenvalue weighted by Crippen LogP contribution is -2.07. The molecule has 1 aromatic heterocycles. The molecular weight excluding hydrogens is 548 g/mol. The average Bonchev–Trinajstić information content (AvgIpc) is 3.05. The second-order valence-electron chi connectivity index (χ2n) is 9.47. The van der Waals surface area contributed by atoms with E-state index in [-0.39, 0.29) is 39.4 Å². The van der Waals surface area contributed by atoms with Crippen molar-refractivity contribution in [1.29, 1.82) is 0 Å². The zero-order valence-electron chi connectivity index (χ0n) is 24.4. The highest BCUT2D eigenvalue weighted by atomic mass is 16.5. The van der Waals surface area contributed by atoms with Crippen molar-refractivity contribution >= 4 is 23.1 Å². The van der Waals surface area contributed by atoms with Gasteiger partial charge in [0.2, 0.25) is 17.2 Å². The van der Waals surface area contributed by atoms with Gasteiger partial charge in [-0.1, -0.05) is 66.7 Å². The molecule has 0 bridgehead atoms. The highest BCUT2D eigenvalue weighted by molar-refractivity contribution is 5.95. The number of rotatable bonds is 12. The number of ether oxygens (including phenoxy) is 6. The summed E-state index contributed by atoms with van der Waals surface area (Å²) in [6.07, 6.45) is 3.51. The van der Waals surface area contributed by atoms with Gasteiger partial charge in [0, 0.05) is 12.1 Å². The Morgan fingerprint density at radius 2 is 1.12 bits per heavy atom. The van der Waals surface area contributed by atoms with Crippen molar-refractivity contribution in [3.8, 4) is 34.5 Å². The van der Waals surface area contributed by atoms with Crippen molar-refractivity contribution in [2.45, 2.75) is 13.2 Å². The summed E-state index contributed by atoms with van der Waals surface area (Å²) in [4.78, 5) is 13.3. The summed E-state index contributed by atoms with van der Waals surface area (Å²) in [5.41, 5.74) is 2.72. The van der Waals surface area contributed by atoms with Gasteiger partial charge in [-0.25, -0.2) is 0 Å². The highest BCUT2D eigenvalue weighted by Crippen LogP contribution is 2.50. The molecule has 0 aliphatic heterocycles. The molecule has 1 heterocycles. The maximum absolute atomic E-state index is 13.3. The van der Waals surface area contributed by atoms with Gasteiger partial charge < -0.3 is 32.8 Å². The van der Waals surface area contributed by atoms with Crippen LogP contribution < -0.4 is 33.8 Å². The Balaban J connectivity index is 1.51. The van der Waals surface area contributed by atoms with E-state index in [9.17, 15) is 4.79 Å². The standard InChI is InChI=1S/C35H32O8/c1-37-31-30-29(36)20-26(43-32(30)34(39-3)35(40-4)33(31)38-2)16-15-25-17-27(41-21-23-11-7-5-8-12-23)19-28(18-25)42-22-24-13-9-6-10-14-24/h5-20H,21-22H2,1-4H3/b16-15+. The zero-order chi connectivity index (χ0) is 30.2. The van der Waals surface area contributed by atoms with E-state index in [1.165, 1.54) is 34.5 Å². The summed E-state index contributed by atoms with van der Waals surface area (Å²) < 4.78 is 40.4. The molecule has 0 spiro atoms. The fourth-order valence-electron chi connectivity index (χ4n) is 4.66. The first-order valence-corrected chi connectivity index (χ1v) is 13.5. The third-order valence-electron chi connectivity index (χ3n) is 6.67. The number of methoxy groups -OCH3 is 4. The third-order valence-corrected chi connectivity index (χ3v) is 6.67. The van der Waals surface area contributed by atoms with E-state index in [4.69, 9.17) is 32.8 Å². The van der Waals surface area contributed by atoms with Crippen molar-refractivity contribution < 1.29 is 32.8 Å². The van der Waals surface area contributed by atoms with Crippen LogP contribution in [0.4, 0.5) is 0 Å². The molecule has 0 N–H and O–H groups in total. The first kappa shape index (κ1) is 29.1. The molecule has 8 heteroatoms. The van der Waals surface area contributed by atoms with Gasteiger partial charge in [-0.2, -0.15) is 0 Å². The second-order valence-corrected chi connectivity index (χ2v) is 9.47. The average molecular weight is 581 g/mol. The molecule has 5 aromatic rings. The minimum atomic E-state index is -0.330. The minimum Gasteiger partial charge on any atom is -0.492 e. The van der Waals surface area contributed by atoms with Gasteiger partial charge >= 0.3 is 0 Å². The molecule has 0 saturated carbocycles. The molecule has 0 saturated heterocycles. The first-order chi connectivity index (χ1) is 21.0. The van der Waals surface area contributed by atoms with Gasteiger partial charge in [0.1, 0.15) is 35.9 Å². The quantitative estimate of drug-likeness (QED) is 0.154. The molecule has 0 radical (unpaired) electrons. The monoisotopic (exact) mass is 580 g/mol. The summed E-state index contributed by atoms with van der Waals surface area (Å²) in [5, 5.41) is 0.182. The predicted molar refractivity (Wildman–Crippen MR) is 166 cm³/mol. The van der Waals surface area contributed by atoms with Gasteiger partial charge in [0.25, 0.3) is 0 Å². The smallest absolute Gasteiger partial charge is 0.211 e. The topological polar surface area (TPSA) is 85.6 Å². The molecule has 8 nitrogen and oxygen atoms in total. The molecule has 43 heavy (non-hydrogen) atoms. The fourth-order valence-corrected chi connectivity index (χ4v) is 4.66. The Kier molecular flexibility index (Phi) is 9.17. The number of hydrogen-bond acceptors (Lipinski definition) is 8. The van der Waals surface area contributed by atoms with E-state index in [0.717, 1.165) is 16.7 Å². The number of benzene rings is 4. The maximum atomic E-state index is 13.3. The van der Waals surface area contributed by atoms with Crippen LogP contribution >= 0.6 is 0 Å². The Morgan fingerprint density at radius 1 is 0.605 bits per heavy atom. The third kappa shape index (κ3) is 6.59. The van der Waals surface area contributed by atoms with Crippen molar-refractivity contribution in [3.05, 3.63) is 118 Å². The van der Waals surface area contributed by atoms with Crippen LogP contribution in [0.25, 0.3) is 23.1 Å². The molecule has 0 aliphatic rings. The lowest BCUT2D eigenvalue weighted by molar-refractivity contribution is 0.290. The van der Waals surface area contributed by atoms with Crippen LogP contribution in [0.15, 0.2) is 94.1 Å². The van der Waals surface area contributed by atoms with Crippen molar-refractivity contribution in [2.24, 2.45) is 0 Å². The molecule has 0 amide bonds. The van der Waals surface area contributed by atoms with Crippen LogP contribution in [-0.2, 0) is 13.2 Å². The van der Waals surface area contributed by atoms with Crippen molar-refractivity contribution in [1.82, 2.24) is 0 Å². The van der Waals surface area contributed by atoms with Gasteiger partial charge in [-0.05, 0) is 34.9 Å². The Hall–Kier alpha value is -5.37. The summed E-state index contributed by atoms with van der Waals surface area (Å²) in [6, 6.07) is 26.9. The Morgan fingerprint density at radius 3 is 1.63 bits per heavy atom. The van der Waals surface area contributed by atoms with Crippen LogP contribution in [0.3, 0.4) is 0 Å². The summed E-state index contributed by atoms with van der Waals surface area (Å²) >= 11 is 0. The molecule has 220 valence electrons. The van der Waals surface area contributed by atoms with Crippen molar-refractivity contribution in [2.75, 3.05) is 28.4 Å². The number of fused-ring (bicyclic) bond motifs is 1. The van der Waals surface area contributed by atoms with Crippen LogP contribution in [-0.4, -0.2) is 28.4 Å². The predicted octanol–water partition coefficient (Wildman–Crippen LogP) is 7.16. The van der Waals surface area contributed by atoms with Crippen molar-refractivity contribution in [3.63, 3.8) is 0 Å². The minimum absolute atomic E-state index is 0.177. The summed E-state index contributed by atoms with van der Waals surface area (Å²) in [7, 11) is 5.84. The first-order valence-electron chi connectivity index (χ1n) is 13.5. The second kappa shape index (κ2) is 13.5. The Bertz CT molecular complexity index is 1710. The van der Waals surface area contributed by atoms with Crippen LogP contribution in [0, 0.1) is 0 Å². The Labute approximate surface area is 249 Å². The molecule has 0 fully saturated rings. The molecule has 0 aliphatic carbocycles. The van der Waals surface area contributed by atoms with Crippen LogP contribution in [0.1, 0.15) is 22.5 Å². The van der Waals surface area contributed by atoms with Gasteiger partial charge in [0.05, 0.1) is 28.4 Å². The molecule has 0 atom stereocenters. The van der Waals surface area contributed by atoms with Gasteiger partial charge in [0.15, 0.2) is 16.8 Å². The van der Waals surface area contributed by atoms with E-state index >= 15 is 0 Å². The van der Waals surface area contributed by atoms with Gasteiger partial charge in [-0.15, -0.1) is 0 Å². The normalized spacial score (nSPS) is 11.0. The van der Waals surface area contributed by atoms with Crippen LogP contribution in [0.5, 0.6) is 34.5 Å². The van der Waals surface area contributed by atoms with E-state index in [1.807, 2.05) is 84.9 Å². The van der Waals surface area contributed by atoms with E-state index < -0.39 is 0 Å². The fraction of sp³-hybridized carbons (Fsp3) is 0.171. The number of hydrogen-bond donors (Lipinski definition) is 0. The van der Waals surface area contributed by atoms with E-state index in [2.05, 4.69) is 0 Å². The van der Waals surface area contributed by atoms with Gasteiger partial charge in [-0.3, -0.25) is 4.79 Å². The molecule has 0 unspecified atom stereocenters. The van der Waals surface area contributed by atoms with E-state index in [0.29, 0.717) is 30.5 Å². The van der Waals surface area contributed by atoms with E-state index in [1.54, 1.807) is 6.08 Å². The molecule has 4 aromatic carbocycles. The SMILES string of the molecule is COc1c(OC)c(OC)c2c(=O)cc(/C=C/c3cc(OCc4ccccc4)cc(OCc4ccccc4)c3)oc2c1OC. The van der Waals surface area contributed by atoms with Crippen LogP contribution in [0.2, 0.25) is 0 Å². The lowest BCUT2D eigenvalue weighted by Gasteiger charge is -2.17. The molecule has 5 rings (SSSR count). The maximum Gasteiger partial charge on any atom is 0.211 e. The summed E-state index contributed by atoms with van der Waals surface area (Å²) in [5.74, 6) is 2.47. The highest BCUT2D eigenvalue weighted by Gasteiger charge is 2.26. The zero-order valence-corrected chi connectivity index (χ0v) is 24.4. The largest absolute Gasteiger partial charge is 0.492 e. The molecular formula is C35H32O8.